The van der Waals surface area contributed by atoms with Crippen LogP contribution in [0.4, 0.5) is 10.6 Å². The maximum Gasteiger partial charge on any atom is 0.410 e. The SMILES string of the molecule is Cc1ccc(S(=O)(=O)n2ccc3c(N(CC(O)CO)[C@@H]4CCCN(C(=O)OC(C)(C)C)C4)ncnc32)cc1. The number of amides is 1. The molecule has 1 fully saturated rings. The molecule has 2 aromatic heterocycles. The number of carbonyl (C=O) groups is 1. The summed E-state index contributed by atoms with van der Waals surface area (Å²) in [5.74, 6) is 0.413. The molecular weight excluding hydrogens is 510 g/mol. The average Bonchev–Trinajstić information content (AvgIpc) is 3.32. The summed E-state index contributed by atoms with van der Waals surface area (Å²) in [6.45, 7) is 7.73. The van der Waals surface area contributed by atoms with Gasteiger partial charge in [0.05, 0.1) is 23.0 Å². The number of hydrogen-bond acceptors (Lipinski definition) is 9. The number of carbonyl (C=O) groups excluding carboxylic acids is 1. The molecule has 1 aliphatic heterocycles. The minimum Gasteiger partial charge on any atom is -0.444 e. The highest BCUT2D eigenvalue weighted by Gasteiger charge is 2.33. The van der Waals surface area contributed by atoms with Gasteiger partial charge in [-0.3, -0.25) is 0 Å². The van der Waals surface area contributed by atoms with Crippen LogP contribution in [0.5, 0.6) is 0 Å². The van der Waals surface area contributed by atoms with E-state index in [4.69, 9.17) is 4.74 Å². The average molecular weight is 546 g/mol. The van der Waals surface area contributed by atoms with Gasteiger partial charge in [-0.25, -0.2) is 27.2 Å². The second-order valence-corrected chi connectivity index (χ2v) is 12.4. The molecule has 3 heterocycles. The molecular formula is C26H35N5O6S. The van der Waals surface area contributed by atoms with E-state index in [0.717, 1.165) is 9.54 Å². The fourth-order valence-electron chi connectivity index (χ4n) is 4.56. The van der Waals surface area contributed by atoms with Gasteiger partial charge in [0.15, 0.2) is 5.65 Å². The lowest BCUT2D eigenvalue weighted by Gasteiger charge is -2.41. The second kappa shape index (κ2) is 10.9. The quantitative estimate of drug-likeness (QED) is 0.459. The van der Waals surface area contributed by atoms with Gasteiger partial charge >= 0.3 is 6.09 Å². The van der Waals surface area contributed by atoms with E-state index in [9.17, 15) is 23.4 Å². The van der Waals surface area contributed by atoms with Crippen LogP contribution >= 0.6 is 0 Å². The maximum atomic E-state index is 13.4. The highest BCUT2D eigenvalue weighted by atomic mass is 32.2. The molecule has 1 aromatic carbocycles. The van der Waals surface area contributed by atoms with Crippen molar-refractivity contribution in [3.63, 3.8) is 0 Å². The topological polar surface area (TPSA) is 138 Å². The van der Waals surface area contributed by atoms with Gasteiger partial charge in [0, 0.05) is 31.9 Å². The van der Waals surface area contributed by atoms with Gasteiger partial charge in [0.1, 0.15) is 17.7 Å². The lowest BCUT2D eigenvalue weighted by Crippen LogP contribution is -2.53. The van der Waals surface area contributed by atoms with Gasteiger partial charge in [-0.2, -0.15) is 0 Å². The van der Waals surface area contributed by atoms with E-state index in [1.54, 1.807) is 35.2 Å². The van der Waals surface area contributed by atoms with Crippen LogP contribution in [0.15, 0.2) is 47.8 Å². The molecule has 4 rings (SSSR count). The van der Waals surface area contributed by atoms with Gasteiger partial charge in [0.25, 0.3) is 10.0 Å². The number of aryl methyl sites for hydroxylation is 1. The summed E-state index contributed by atoms with van der Waals surface area (Å²) in [5, 5.41) is 20.4. The number of nitrogens with zero attached hydrogens (tertiary/aromatic N) is 5. The molecule has 1 saturated heterocycles. The zero-order chi connectivity index (χ0) is 27.7. The molecule has 1 aliphatic rings. The fourth-order valence-corrected chi connectivity index (χ4v) is 5.86. The Kier molecular flexibility index (Phi) is 7.96. The van der Waals surface area contributed by atoms with Crippen molar-refractivity contribution in [2.45, 2.75) is 63.2 Å². The fraction of sp³-hybridized carbons (Fsp3) is 0.500. The van der Waals surface area contributed by atoms with Crippen LogP contribution < -0.4 is 4.90 Å². The van der Waals surface area contributed by atoms with E-state index in [1.165, 1.54) is 12.5 Å². The van der Waals surface area contributed by atoms with E-state index in [1.807, 2.05) is 32.6 Å². The number of aromatic nitrogens is 3. The third-order valence-electron chi connectivity index (χ3n) is 6.38. The van der Waals surface area contributed by atoms with Gasteiger partial charge in [-0.15, -0.1) is 0 Å². The summed E-state index contributed by atoms with van der Waals surface area (Å²) in [7, 11) is -3.92. The predicted molar refractivity (Wildman–Crippen MR) is 143 cm³/mol. The first-order valence-electron chi connectivity index (χ1n) is 12.6. The Morgan fingerprint density at radius 3 is 2.58 bits per heavy atom. The molecule has 206 valence electrons. The van der Waals surface area contributed by atoms with Crippen molar-refractivity contribution in [2.24, 2.45) is 0 Å². The molecule has 0 saturated carbocycles. The van der Waals surface area contributed by atoms with E-state index >= 15 is 0 Å². The van der Waals surface area contributed by atoms with Gasteiger partial charge in [-0.1, -0.05) is 17.7 Å². The molecule has 0 radical (unpaired) electrons. The second-order valence-electron chi connectivity index (χ2n) is 10.6. The van der Waals surface area contributed by atoms with Crippen molar-refractivity contribution in [3.05, 3.63) is 48.4 Å². The number of rotatable bonds is 7. The minimum atomic E-state index is -3.92. The summed E-state index contributed by atoms with van der Waals surface area (Å²) < 4.78 is 33.5. The summed E-state index contributed by atoms with van der Waals surface area (Å²) in [6, 6.07) is 7.94. The molecule has 2 atom stereocenters. The molecule has 0 bridgehead atoms. The summed E-state index contributed by atoms with van der Waals surface area (Å²) in [6.07, 6.45) is 2.62. The van der Waals surface area contributed by atoms with Crippen molar-refractivity contribution in [3.8, 4) is 0 Å². The largest absolute Gasteiger partial charge is 0.444 e. The van der Waals surface area contributed by atoms with E-state index in [0.29, 0.717) is 37.1 Å². The third-order valence-corrected chi connectivity index (χ3v) is 8.06. The molecule has 0 spiro atoms. The van der Waals surface area contributed by atoms with E-state index in [2.05, 4.69) is 9.97 Å². The predicted octanol–water partition coefficient (Wildman–Crippen LogP) is 2.54. The summed E-state index contributed by atoms with van der Waals surface area (Å²) in [5.41, 5.74) is 0.498. The van der Waals surface area contributed by atoms with Crippen LogP contribution in [-0.4, -0.2) is 87.6 Å². The number of anilines is 1. The number of aliphatic hydroxyl groups excluding tert-OH is 2. The lowest BCUT2D eigenvalue weighted by atomic mass is 10.0. The van der Waals surface area contributed by atoms with Crippen molar-refractivity contribution in [1.82, 2.24) is 18.8 Å². The van der Waals surface area contributed by atoms with Gasteiger partial charge in [-0.05, 0) is 58.7 Å². The highest BCUT2D eigenvalue weighted by Crippen LogP contribution is 2.31. The molecule has 3 aromatic rings. The Bertz CT molecular complexity index is 1380. The van der Waals surface area contributed by atoms with Crippen LogP contribution in [0.25, 0.3) is 11.0 Å². The Labute approximate surface area is 222 Å². The molecule has 2 N–H and O–H groups in total. The minimum absolute atomic E-state index is 0.0331. The number of likely N-dealkylation sites (tertiary alicyclic amines) is 1. The normalized spacial score (nSPS) is 17.4. The van der Waals surface area contributed by atoms with Crippen LogP contribution in [0.3, 0.4) is 0 Å². The molecule has 12 heteroatoms. The summed E-state index contributed by atoms with van der Waals surface area (Å²) >= 11 is 0. The smallest absolute Gasteiger partial charge is 0.410 e. The van der Waals surface area contributed by atoms with Crippen LogP contribution in [0.2, 0.25) is 0 Å². The van der Waals surface area contributed by atoms with Crippen molar-refractivity contribution in [1.29, 1.82) is 0 Å². The lowest BCUT2D eigenvalue weighted by molar-refractivity contribution is 0.0192. The third kappa shape index (κ3) is 5.92. The molecule has 11 nitrogen and oxygen atoms in total. The zero-order valence-corrected chi connectivity index (χ0v) is 22.9. The van der Waals surface area contributed by atoms with Crippen molar-refractivity contribution in [2.75, 3.05) is 31.1 Å². The monoisotopic (exact) mass is 545 g/mol. The number of piperidine rings is 1. The molecule has 0 aliphatic carbocycles. The zero-order valence-electron chi connectivity index (χ0n) is 22.1. The molecule has 38 heavy (non-hydrogen) atoms. The van der Waals surface area contributed by atoms with E-state index in [-0.39, 0.29) is 23.1 Å². The van der Waals surface area contributed by atoms with E-state index < -0.39 is 34.4 Å². The van der Waals surface area contributed by atoms with Crippen LogP contribution in [-0.2, 0) is 14.8 Å². The highest BCUT2D eigenvalue weighted by molar-refractivity contribution is 7.90. The number of benzene rings is 1. The van der Waals surface area contributed by atoms with Crippen molar-refractivity contribution >= 4 is 33.0 Å². The van der Waals surface area contributed by atoms with Crippen LogP contribution in [0, 0.1) is 6.92 Å². The Morgan fingerprint density at radius 2 is 1.92 bits per heavy atom. The first-order chi connectivity index (χ1) is 17.9. The Balaban J connectivity index is 1.72. The maximum absolute atomic E-state index is 13.4. The standard InChI is InChI=1S/C26H35N5O6S/c1-18-7-9-21(10-8-18)38(35,36)31-13-11-22-23(27-17-28-24(22)31)30(15-20(33)16-32)19-6-5-12-29(14-19)25(34)37-26(2,3)4/h7-11,13,17,19-20,32-33H,5-6,12,14-16H2,1-4H3/t19-,20?/m1/s1. The first-order valence-corrected chi connectivity index (χ1v) is 14.0. The van der Waals surface area contributed by atoms with Gasteiger partial charge in [0.2, 0.25) is 0 Å². The number of aliphatic hydroxyl groups is 2. The van der Waals surface area contributed by atoms with Gasteiger partial charge < -0.3 is 24.7 Å². The first kappa shape index (κ1) is 27.8. The number of fused-ring (bicyclic) bond motifs is 1. The van der Waals surface area contributed by atoms with Crippen LogP contribution in [0.1, 0.15) is 39.2 Å². The molecule has 1 unspecified atom stereocenters. The number of hydrogen-bond donors (Lipinski definition) is 2. The Hall–Kier alpha value is -3.22. The molecule has 1 amide bonds. The number of ether oxygens (including phenoxy) is 1. The summed E-state index contributed by atoms with van der Waals surface area (Å²) in [4.78, 5) is 25.1. The Morgan fingerprint density at radius 1 is 1.21 bits per heavy atom. The van der Waals surface area contributed by atoms with Crippen molar-refractivity contribution < 1.29 is 28.2 Å².